The number of thiophene rings is 1. The monoisotopic (exact) mass is 419 g/mol. The largest absolute Gasteiger partial charge is 0.497 e. The summed E-state index contributed by atoms with van der Waals surface area (Å²) in [7, 11) is 3.02. The predicted molar refractivity (Wildman–Crippen MR) is 104 cm³/mol. The van der Waals surface area contributed by atoms with Crippen LogP contribution in [-0.4, -0.2) is 28.8 Å². The van der Waals surface area contributed by atoms with E-state index in [0.29, 0.717) is 27.4 Å². The summed E-state index contributed by atoms with van der Waals surface area (Å²) in [5.74, 6) is 0.640. The molecule has 1 aromatic carbocycles. The molecule has 5 nitrogen and oxygen atoms in total. The molecule has 0 aliphatic heterocycles. The number of nitrogens with zero attached hydrogens (tertiary/aromatic N) is 3. The van der Waals surface area contributed by atoms with Crippen molar-refractivity contribution in [3.05, 3.63) is 59.2 Å². The van der Waals surface area contributed by atoms with Crippen LogP contribution in [-0.2, 0) is 17.5 Å². The Morgan fingerprint density at radius 3 is 2.45 bits per heavy atom. The van der Waals surface area contributed by atoms with Crippen molar-refractivity contribution in [1.82, 2.24) is 14.6 Å². The number of alkyl halides is 3. The smallest absolute Gasteiger partial charge is 0.433 e. The Kier molecular flexibility index (Phi) is 5.01. The lowest BCUT2D eigenvalue weighted by Gasteiger charge is -2.11. The first-order valence-corrected chi connectivity index (χ1v) is 9.47. The summed E-state index contributed by atoms with van der Waals surface area (Å²) >= 11 is 1.33. The van der Waals surface area contributed by atoms with Crippen LogP contribution < -0.4 is 4.74 Å². The summed E-state index contributed by atoms with van der Waals surface area (Å²) in [4.78, 5) is 5.18. The van der Waals surface area contributed by atoms with E-state index in [1.54, 1.807) is 48.9 Å². The first-order chi connectivity index (χ1) is 13.9. The first kappa shape index (κ1) is 19.4. The number of methoxy groups -OCH3 is 2. The molecule has 0 N–H and O–H groups in total. The topological polar surface area (TPSA) is 48.7 Å². The molecule has 0 unspecified atom stereocenters. The molecule has 0 amide bonds. The van der Waals surface area contributed by atoms with E-state index in [4.69, 9.17) is 9.47 Å². The van der Waals surface area contributed by atoms with Gasteiger partial charge in [-0.15, -0.1) is 11.3 Å². The minimum Gasteiger partial charge on any atom is -0.497 e. The van der Waals surface area contributed by atoms with Crippen LogP contribution in [0.4, 0.5) is 13.2 Å². The van der Waals surface area contributed by atoms with Gasteiger partial charge in [-0.25, -0.2) is 9.50 Å². The number of hydrogen-bond donors (Lipinski definition) is 0. The fourth-order valence-electron chi connectivity index (χ4n) is 3.10. The normalized spacial score (nSPS) is 11.9. The van der Waals surface area contributed by atoms with E-state index in [1.165, 1.54) is 18.4 Å². The summed E-state index contributed by atoms with van der Waals surface area (Å²) in [6.45, 7) is 0.0519. The van der Waals surface area contributed by atoms with Gasteiger partial charge < -0.3 is 9.47 Å². The van der Waals surface area contributed by atoms with Crippen molar-refractivity contribution in [3.63, 3.8) is 0 Å². The third-order valence-electron chi connectivity index (χ3n) is 4.39. The first-order valence-electron chi connectivity index (χ1n) is 8.59. The number of rotatable bonds is 5. The van der Waals surface area contributed by atoms with Crippen molar-refractivity contribution >= 4 is 17.0 Å². The van der Waals surface area contributed by atoms with Crippen LogP contribution in [0.2, 0.25) is 0 Å². The molecule has 0 radical (unpaired) electrons. The Hall–Kier alpha value is -2.91. The minimum absolute atomic E-state index is 0.0519. The van der Waals surface area contributed by atoms with E-state index < -0.39 is 11.9 Å². The molecule has 0 atom stereocenters. The lowest BCUT2D eigenvalue weighted by atomic mass is 10.1. The zero-order valence-corrected chi connectivity index (χ0v) is 16.3. The zero-order chi connectivity index (χ0) is 20.6. The van der Waals surface area contributed by atoms with Crippen molar-refractivity contribution in [2.75, 3.05) is 14.2 Å². The molecule has 0 saturated carbocycles. The Labute approximate surface area is 168 Å². The highest BCUT2D eigenvalue weighted by atomic mass is 32.1. The van der Waals surface area contributed by atoms with Crippen LogP contribution in [0.5, 0.6) is 5.75 Å². The van der Waals surface area contributed by atoms with E-state index >= 15 is 0 Å². The molecule has 0 aliphatic carbocycles. The maximum atomic E-state index is 13.8. The van der Waals surface area contributed by atoms with Crippen LogP contribution in [0.15, 0.2) is 47.8 Å². The van der Waals surface area contributed by atoms with Gasteiger partial charge in [-0.05, 0) is 35.2 Å². The van der Waals surface area contributed by atoms with E-state index in [0.717, 1.165) is 10.6 Å². The third-order valence-corrected chi connectivity index (χ3v) is 5.28. The molecular weight excluding hydrogens is 403 g/mol. The molecule has 4 aromatic rings. The number of ether oxygens (including phenoxy) is 2. The summed E-state index contributed by atoms with van der Waals surface area (Å²) in [5, 5.41) is 5.99. The van der Waals surface area contributed by atoms with E-state index in [-0.39, 0.29) is 17.9 Å². The quantitative estimate of drug-likeness (QED) is 0.441. The van der Waals surface area contributed by atoms with Crippen LogP contribution in [0.1, 0.15) is 11.4 Å². The second-order valence-corrected chi connectivity index (χ2v) is 7.17. The van der Waals surface area contributed by atoms with E-state index in [2.05, 4.69) is 10.1 Å². The van der Waals surface area contributed by atoms with Crippen LogP contribution in [0.3, 0.4) is 0 Å². The molecule has 3 heterocycles. The molecule has 150 valence electrons. The Morgan fingerprint density at radius 2 is 1.86 bits per heavy atom. The number of benzene rings is 1. The molecular formula is C20H16F3N3O2S. The van der Waals surface area contributed by atoms with Gasteiger partial charge in [-0.3, -0.25) is 0 Å². The third kappa shape index (κ3) is 3.58. The molecule has 0 saturated heterocycles. The van der Waals surface area contributed by atoms with Gasteiger partial charge in [-0.2, -0.15) is 18.3 Å². The highest BCUT2D eigenvalue weighted by Gasteiger charge is 2.36. The molecule has 0 spiro atoms. The summed E-state index contributed by atoms with van der Waals surface area (Å²) in [5.41, 5.74) is 1.04. The van der Waals surface area contributed by atoms with Gasteiger partial charge in [0, 0.05) is 7.11 Å². The predicted octanol–water partition coefficient (Wildman–Crippen LogP) is 5.30. The fraction of sp³-hybridized carbons (Fsp3) is 0.200. The van der Waals surface area contributed by atoms with E-state index in [1.807, 2.05) is 0 Å². The van der Waals surface area contributed by atoms with Gasteiger partial charge >= 0.3 is 6.18 Å². The lowest BCUT2D eigenvalue weighted by molar-refractivity contribution is -0.142. The second-order valence-electron chi connectivity index (χ2n) is 6.22. The van der Waals surface area contributed by atoms with Crippen molar-refractivity contribution in [3.8, 4) is 27.4 Å². The van der Waals surface area contributed by atoms with Gasteiger partial charge in [0.1, 0.15) is 5.75 Å². The average molecular weight is 419 g/mol. The van der Waals surface area contributed by atoms with Crippen LogP contribution in [0, 0.1) is 0 Å². The molecule has 0 aliphatic rings. The molecule has 4 rings (SSSR count). The van der Waals surface area contributed by atoms with Crippen molar-refractivity contribution in [2.45, 2.75) is 12.8 Å². The summed E-state index contributed by atoms with van der Waals surface area (Å²) < 4.78 is 52.7. The molecule has 29 heavy (non-hydrogen) atoms. The summed E-state index contributed by atoms with van der Waals surface area (Å²) in [6.07, 6.45) is -4.60. The Balaban J connectivity index is 2.04. The molecule has 3 aromatic heterocycles. The minimum atomic E-state index is -4.60. The lowest BCUT2D eigenvalue weighted by Crippen LogP contribution is -2.13. The van der Waals surface area contributed by atoms with Gasteiger partial charge in [0.15, 0.2) is 11.3 Å². The standard InChI is InChI=1S/C20H16F3N3O2S/c1-27-11-15-18(12-5-7-13(28-2)8-6-12)19-24-14(16-4-3-9-29-16)10-17(20(21,22)23)26(19)25-15/h3-10H,11H2,1-2H3. The van der Waals surface area contributed by atoms with Gasteiger partial charge in [0.25, 0.3) is 0 Å². The maximum absolute atomic E-state index is 13.8. The van der Waals surface area contributed by atoms with Crippen molar-refractivity contribution < 1.29 is 22.6 Å². The average Bonchev–Trinajstić information content (AvgIpc) is 3.34. The number of aromatic nitrogens is 3. The van der Waals surface area contributed by atoms with Gasteiger partial charge in [-0.1, -0.05) is 18.2 Å². The molecule has 9 heteroatoms. The van der Waals surface area contributed by atoms with Crippen LogP contribution >= 0.6 is 11.3 Å². The van der Waals surface area contributed by atoms with Gasteiger partial charge in [0.2, 0.25) is 0 Å². The second kappa shape index (κ2) is 7.49. The van der Waals surface area contributed by atoms with Crippen LogP contribution in [0.25, 0.3) is 27.3 Å². The highest BCUT2D eigenvalue weighted by Crippen LogP contribution is 2.37. The highest BCUT2D eigenvalue weighted by molar-refractivity contribution is 7.13. The SMILES string of the molecule is COCc1nn2c(C(F)(F)F)cc(-c3cccs3)nc2c1-c1ccc(OC)cc1. The molecule has 0 fully saturated rings. The van der Waals surface area contributed by atoms with Gasteiger partial charge in [0.05, 0.1) is 35.5 Å². The fourth-order valence-corrected chi connectivity index (χ4v) is 3.79. The maximum Gasteiger partial charge on any atom is 0.433 e. The number of fused-ring (bicyclic) bond motifs is 1. The number of halogens is 3. The zero-order valence-electron chi connectivity index (χ0n) is 15.5. The Morgan fingerprint density at radius 1 is 1.10 bits per heavy atom. The molecule has 0 bridgehead atoms. The Bertz CT molecular complexity index is 1140. The van der Waals surface area contributed by atoms with E-state index in [9.17, 15) is 13.2 Å². The summed E-state index contributed by atoms with van der Waals surface area (Å²) in [6, 6.07) is 11.6. The van der Waals surface area contributed by atoms with Crippen molar-refractivity contribution in [2.24, 2.45) is 0 Å². The number of hydrogen-bond acceptors (Lipinski definition) is 5. The van der Waals surface area contributed by atoms with Crippen molar-refractivity contribution in [1.29, 1.82) is 0 Å².